The molecule has 0 aromatic heterocycles. The smallest absolute Gasteiger partial charge is 0.258 e. The summed E-state index contributed by atoms with van der Waals surface area (Å²) in [6.07, 6.45) is 2.50. The van der Waals surface area contributed by atoms with E-state index in [1.165, 1.54) is 12.2 Å². The zero-order chi connectivity index (χ0) is 12.6. The summed E-state index contributed by atoms with van der Waals surface area (Å²) in [5, 5.41) is 3.45. The van der Waals surface area contributed by atoms with Crippen molar-refractivity contribution in [3.8, 4) is 0 Å². The van der Waals surface area contributed by atoms with Crippen molar-refractivity contribution in [2.24, 2.45) is 0 Å². The highest BCUT2D eigenvalue weighted by Crippen LogP contribution is 2.32. The number of amides is 2. The number of carbonyl (C=O) groups is 2. The van der Waals surface area contributed by atoms with Gasteiger partial charge in [0, 0.05) is 29.9 Å². The highest BCUT2D eigenvalue weighted by Gasteiger charge is 2.27. The first-order valence-corrected chi connectivity index (χ1v) is 5.46. The average molecular weight is 251 g/mol. The molecular formula is C12H11ClN2O2. The summed E-state index contributed by atoms with van der Waals surface area (Å²) >= 11 is 6.06. The second-order valence-electron chi connectivity index (χ2n) is 3.70. The monoisotopic (exact) mass is 250 g/mol. The number of benzene rings is 1. The summed E-state index contributed by atoms with van der Waals surface area (Å²) in [6.45, 7) is 1.77. The van der Waals surface area contributed by atoms with Gasteiger partial charge >= 0.3 is 0 Å². The van der Waals surface area contributed by atoms with E-state index in [9.17, 15) is 9.59 Å². The zero-order valence-electron chi connectivity index (χ0n) is 9.45. The van der Waals surface area contributed by atoms with Gasteiger partial charge in [-0.3, -0.25) is 9.59 Å². The van der Waals surface area contributed by atoms with Gasteiger partial charge in [-0.15, -0.1) is 0 Å². The van der Waals surface area contributed by atoms with Crippen LogP contribution in [0.3, 0.4) is 0 Å². The molecule has 1 heterocycles. The fraction of sp³-hybridized carbons (Fsp3) is 0.167. The first kappa shape index (κ1) is 11.7. The number of carbonyl (C=O) groups excluding carboxylic acids is 2. The van der Waals surface area contributed by atoms with Gasteiger partial charge in [0.05, 0.1) is 5.69 Å². The van der Waals surface area contributed by atoms with Gasteiger partial charge in [0.25, 0.3) is 11.8 Å². The molecule has 2 rings (SSSR count). The predicted octanol–water partition coefficient (Wildman–Crippen LogP) is 2.12. The van der Waals surface area contributed by atoms with E-state index in [1.807, 2.05) is 0 Å². The molecule has 0 spiro atoms. The van der Waals surface area contributed by atoms with Crippen LogP contribution in [0.1, 0.15) is 5.56 Å². The molecule has 0 saturated carbocycles. The number of nitrogens with one attached hydrogen (secondary N) is 1. The molecule has 1 aromatic carbocycles. The summed E-state index contributed by atoms with van der Waals surface area (Å²) in [4.78, 5) is 24.3. The van der Waals surface area contributed by atoms with Crippen LogP contribution in [0.15, 0.2) is 24.3 Å². The fourth-order valence-corrected chi connectivity index (χ4v) is 1.89. The second kappa shape index (κ2) is 4.22. The highest BCUT2D eigenvalue weighted by atomic mass is 35.5. The molecule has 1 aromatic rings. The molecule has 1 aliphatic rings. The maximum absolute atomic E-state index is 11.6. The van der Waals surface area contributed by atoms with E-state index >= 15 is 0 Å². The van der Waals surface area contributed by atoms with E-state index < -0.39 is 0 Å². The first-order valence-electron chi connectivity index (χ1n) is 5.08. The van der Waals surface area contributed by atoms with Crippen molar-refractivity contribution < 1.29 is 9.59 Å². The van der Waals surface area contributed by atoms with Gasteiger partial charge in [-0.1, -0.05) is 11.6 Å². The Morgan fingerprint density at radius 1 is 1.18 bits per heavy atom. The molecule has 4 nitrogen and oxygen atoms in total. The minimum Gasteiger partial charge on any atom is -0.388 e. The summed E-state index contributed by atoms with van der Waals surface area (Å²) in [5.41, 5.74) is 1.97. The Kier molecular flexibility index (Phi) is 2.90. The van der Waals surface area contributed by atoms with Crippen molar-refractivity contribution in [2.75, 3.05) is 17.3 Å². The van der Waals surface area contributed by atoms with Crippen LogP contribution >= 0.6 is 11.6 Å². The van der Waals surface area contributed by atoms with Crippen LogP contribution in [0.5, 0.6) is 0 Å². The summed E-state index contributed by atoms with van der Waals surface area (Å²) in [6, 6.07) is 3.48. The molecule has 0 atom stereocenters. The largest absolute Gasteiger partial charge is 0.388 e. The Labute approximate surface area is 104 Å². The number of anilines is 2. The number of halogens is 1. The molecule has 1 N–H and O–H groups in total. The third-order valence-electron chi connectivity index (χ3n) is 2.66. The highest BCUT2D eigenvalue weighted by molar-refractivity contribution is 6.33. The summed E-state index contributed by atoms with van der Waals surface area (Å²) in [7, 11) is 1.75. The van der Waals surface area contributed by atoms with Gasteiger partial charge in [0.2, 0.25) is 0 Å². The lowest BCUT2D eigenvalue weighted by molar-refractivity contribution is -0.119. The molecule has 0 bridgehead atoms. The van der Waals surface area contributed by atoms with Gasteiger partial charge < -0.3 is 5.32 Å². The Hall–Kier alpha value is -1.81. The quantitative estimate of drug-likeness (QED) is 0.818. The molecule has 1 aliphatic heterocycles. The van der Waals surface area contributed by atoms with Gasteiger partial charge in [-0.25, -0.2) is 4.90 Å². The SMILES string of the molecule is CNc1cc(Cl)c(C)c(N2C(=O)C=CC2=O)c1. The van der Waals surface area contributed by atoms with Crippen LogP contribution in [0.4, 0.5) is 11.4 Å². The minimum atomic E-state index is -0.345. The van der Waals surface area contributed by atoms with Crippen molar-refractivity contribution >= 4 is 34.8 Å². The van der Waals surface area contributed by atoms with Crippen LogP contribution in [-0.2, 0) is 9.59 Å². The van der Waals surface area contributed by atoms with Crippen LogP contribution in [0.25, 0.3) is 0 Å². The average Bonchev–Trinajstić information content (AvgIpc) is 2.63. The molecule has 2 amide bonds. The summed E-state index contributed by atoms with van der Waals surface area (Å²) in [5.74, 6) is -0.690. The van der Waals surface area contributed by atoms with Crippen LogP contribution < -0.4 is 10.2 Å². The third kappa shape index (κ3) is 1.91. The van der Waals surface area contributed by atoms with E-state index in [-0.39, 0.29) is 11.8 Å². The lowest BCUT2D eigenvalue weighted by Gasteiger charge is -2.18. The van der Waals surface area contributed by atoms with Crippen molar-refractivity contribution in [2.45, 2.75) is 6.92 Å². The lowest BCUT2D eigenvalue weighted by atomic mass is 10.1. The van der Waals surface area contributed by atoms with E-state index in [0.29, 0.717) is 16.3 Å². The van der Waals surface area contributed by atoms with E-state index in [4.69, 9.17) is 11.6 Å². The van der Waals surface area contributed by atoms with Crippen molar-refractivity contribution in [3.63, 3.8) is 0 Å². The topological polar surface area (TPSA) is 49.4 Å². The van der Waals surface area contributed by atoms with Crippen LogP contribution in [0.2, 0.25) is 5.02 Å². The van der Waals surface area contributed by atoms with Gasteiger partial charge in [-0.2, -0.15) is 0 Å². The number of hydrogen-bond acceptors (Lipinski definition) is 3. The number of nitrogens with zero attached hydrogens (tertiary/aromatic N) is 1. The summed E-state index contributed by atoms with van der Waals surface area (Å²) < 4.78 is 0. The molecule has 0 aliphatic carbocycles. The molecule has 0 fully saturated rings. The van der Waals surface area contributed by atoms with Crippen molar-refractivity contribution in [3.05, 3.63) is 34.9 Å². The van der Waals surface area contributed by atoms with Crippen molar-refractivity contribution in [1.29, 1.82) is 0 Å². The second-order valence-corrected chi connectivity index (χ2v) is 4.10. The Morgan fingerprint density at radius 2 is 1.76 bits per heavy atom. The first-order chi connectivity index (χ1) is 8.04. The molecule has 0 unspecified atom stereocenters. The fourth-order valence-electron chi connectivity index (χ4n) is 1.68. The number of rotatable bonds is 2. The number of hydrogen-bond donors (Lipinski definition) is 1. The number of imide groups is 1. The van der Waals surface area contributed by atoms with E-state index in [1.54, 1.807) is 26.1 Å². The predicted molar refractivity (Wildman–Crippen MR) is 67.4 cm³/mol. The minimum absolute atomic E-state index is 0.345. The Balaban J connectivity index is 2.55. The molecule has 5 heteroatoms. The molecule has 0 radical (unpaired) electrons. The molecule has 88 valence electrons. The zero-order valence-corrected chi connectivity index (χ0v) is 10.2. The normalized spacial score (nSPS) is 14.6. The van der Waals surface area contributed by atoms with Gasteiger partial charge in [0.15, 0.2) is 0 Å². The Bertz CT molecular complexity index is 520. The van der Waals surface area contributed by atoms with E-state index in [2.05, 4.69) is 5.32 Å². The lowest BCUT2D eigenvalue weighted by Crippen LogP contribution is -2.30. The van der Waals surface area contributed by atoms with Gasteiger partial charge in [0.1, 0.15) is 0 Å². The Morgan fingerprint density at radius 3 is 2.29 bits per heavy atom. The van der Waals surface area contributed by atoms with Crippen LogP contribution in [-0.4, -0.2) is 18.9 Å². The van der Waals surface area contributed by atoms with E-state index in [0.717, 1.165) is 10.6 Å². The molecule has 0 saturated heterocycles. The van der Waals surface area contributed by atoms with Gasteiger partial charge in [-0.05, 0) is 24.6 Å². The standard InChI is InChI=1S/C12H11ClN2O2/c1-7-9(13)5-8(14-2)6-10(7)15-11(16)3-4-12(15)17/h3-6,14H,1-2H3. The molecule has 17 heavy (non-hydrogen) atoms. The third-order valence-corrected chi connectivity index (χ3v) is 3.05. The molecular weight excluding hydrogens is 240 g/mol. The van der Waals surface area contributed by atoms with Crippen LogP contribution in [0, 0.1) is 6.92 Å². The van der Waals surface area contributed by atoms with Crippen molar-refractivity contribution in [1.82, 2.24) is 0 Å². The maximum atomic E-state index is 11.6. The maximum Gasteiger partial charge on any atom is 0.258 e.